The van der Waals surface area contributed by atoms with Crippen molar-refractivity contribution in [2.24, 2.45) is 40.4 Å². The third kappa shape index (κ3) is 6.43. The van der Waals surface area contributed by atoms with Crippen molar-refractivity contribution in [1.82, 2.24) is 0 Å². The lowest BCUT2D eigenvalue weighted by atomic mass is 9.49. The molecule has 0 bridgehead atoms. The Kier molecular flexibility index (Phi) is 10.8. The quantitative estimate of drug-likeness (QED) is 0.189. The van der Waals surface area contributed by atoms with Crippen molar-refractivity contribution in [3.8, 4) is 0 Å². The van der Waals surface area contributed by atoms with Crippen molar-refractivity contribution in [3.63, 3.8) is 0 Å². The van der Waals surface area contributed by atoms with Gasteiger partial charge in [0.05, 0.1) is 25.9 Å². The minimum atomic E-state index is -0.730. The molecule has 0 heterocycles. The van der Waals surface area contributed by atoms with E-state index < -0.39 is 41.6 Å². The van der Waals surface area contributed by atoms with E-state index in [1.807, 2.05) is 13.8 Å². The van der Waals surface area contributed by atoms with Crippen LogP contribution in [0.1, 0.15) is 92.9 Å². The van der Waals surface area contributed by atoms with Crippen LogP contribution in [0.25, 0.3) is 0 Å². The second kappa shape index (κ2) is 13.7. The molecule has 0 amide bonds. The van der Waals surface area contributed by atoms with Crippen LogP contribution in [0.4, 0.5) is 9.59 Å². The van der Waals surface area contributed by atoms with Gasteiger partial charge in [-0.2, -0.15) is 0 Å². The maximum atomic E-state index is 12.4. The Hall–Kier alpha value is -2.10. The van der Waals surface area contributed by atoms with Gasteiger partial charge >= 0.3 is 12.3 Å². The molecular weight excluding hydrogens is 564 g/mol. The number of methoxy groups -OCH3 is 3. The fourth-order valence-electron chi connectivity index (χ4n) is 9.48. The summed E-state index contributed by atoms with van der Waals surface area (Å²) < 4.78 is 32.1. The summed E-state index contributed by atoms with van der Waals surface area (Å²) in [7, 11) is 4.21. The van der Waals surface area contributed by atoms with Crippen molar-refractivity contribution in [1.29, 1.82) is 0 Å². The number of carbonyl (C=O) groups is 2. The second-order valence-corrected chi connectivity index (χ2v) is 14.6. The summed E-state index contributed by atoms with van der Waals surface area (Å²) in [6.07, 6.45) is 8.61. The molecule has 0 saturated heterocycles. The molecule has 44 heavy (non-hydrogen) atoms. The van der Waals surface area contributed by atoms with Gasteiger partial charge in [-0.15, -0.1) is 0 Å². The summed E-state index contributed by atoms with van der Waals surface area (Å²) in [4.78, 5) is 24.4. The number of carbonyl (C=O) groups excluding carboxylic acids is 2. The zero-order chi connectivity index (χ0) is 32.4. The molecule has 10 atom stereocenters. The van der Waals surface area contributed by atoms with Crippen LogP contribution in [0.2, 0.25) is 0 Å². The summed E-state index contributed by atoms with van der Waals surface area (Å²) in [6.45, 7) is 13.4. The van der Waals surface area contributed by atoms with Gasteiger partial charge in [-0.3, -0.25) is 0 Å². The molecule has 9 heteroatoms. The lowest BCUT2D eigenvalue weighted by Gasteiger charge is -2.57. The zero-order valence-corrected chi connectivity index (χ0v) is 28.4. The molecular formula is C35H56O9. The molecule has 250 valence electrons. The summed E-state index contributed by atoms with van der Waals surface area (Å²) in [5.41, 5.74) is 1.66. The van der Waals surface area contributed by atoms with Gasteiger partial charge in [0.2, 0.25) is 0 Å². The highest BCUT2D eigenvalue weighted by atomic mass is 16.7. The first-order chi connectivity index (χ1) is 20.8. The average molecular weight is 621 g/mol. The predicted octanol–water partition coefficient (Wildman–Crippen LogP) is 7.21. The monoisotopic (exact) mass is 620 g/mol. The molecule has 0 aromatic carbocycles. The van der Waals surface area contributed by atoms with Crippen LogP contribution in [0.15, 0.2) is 23.3 Å². The van der Waals surface area contributed by atoms with Crippen LogP contribution >= 0.6 is 0 Å². The molecule has 4 aliphatic rings. The smallest absolute Gasteiger partial charge is 0.438 e. The van der Waals surface area contributed by atoms with Crippen molar-refractivity contribution < 1.29 is 43.1 Å². The third-order valence-electron chi connectivity index (χ3n) is 12.3. The van der Waals surface area contributed by atoms with E-state index in [1.54, 1.807) is 7.11 Å². The molecule has 0 radical (unpaired) electrons. The standard InChI is InChI=1S/C35H56O9/c1-10-22(17-29(36)33(3,4)42-20-39-7)21(2)26-13-14-27-25-12-11-23-18-24(43-31(37)40-8)19-30(44-32(38)41-9)35(23,6)28(25)15-16-34(26,27)5/h11-12,21-22,24,26-30,36H,10,13-20H2,1-9H3/t21-,22+,24+,26+,27-,28-,29?,30-,34+,35-/m0/s1. The average Bonchev–Trinajstić information content (AvgIpc) is 3.35. The van der Waals surface area contributed by atoms with Crippen LogP contribution < -0.4 is 0 Å². The second-order valence-electron chi connectivity index (χ2n) is 14.6. The predicted molar refractivity (Wildman–Crippen MR) is 166 cm³/mol. The Morgan fingerprint density at radius 2 is 1.70 bits per heavy atom. The molecule has 0 spiro atoms. The highest BCUT2D eigenvalue weighted by Gasteiger charge is 2.60. The Balaban J connectivity index is 1.58. The van der Waals surface area contributed by atoms with E-state index in [1.165, 1.54) is 19.8 Å². The van der Waals surface area contributed by atoms with Gasteiger partial charge in [0.1, 0.15) is 19.0 Å². The number of hydrogen-bond acceptors (Lipinski definition) is 9. The maximum absolute atomic E-state index is 12.4. The Labute approximate surface area is 264 Å². The van der Waals surface area contributed by atoms with Crippen LogP contribution in [0, 0.1) is 40.4 Å². The van der Waals surface area contributed by atoms with E-state index in [4.69, 9.17) is 28.4 Å². The molecule has 9 nitrogen and oxygen atoms in total. The van der Waals surface area contributed by atoms with Gasteiger partial charge < -0.3 is 33.5 Å². The summed E-state index contributed by atoms with van der Waals surface area (Å²) in [6, 6.07) is 0. The minimum Gasteiger partial charge on any atom is -0.438 e. The number of fused-ring (bicyclic) bond motifs is 5. The minimum absolute atomic E-state index is 0.147. The van der Waals surface area contributed by atoms with E-state index in [0.717, 1.165) is 37.7 Å². The number of allylic oxidation sites excluding steroid dienone is 3. The highest BCUT2D eigenvalue weighted by molar-refractivity contribution is 5.61. The van der Waals surface area contributed by atoms with Gasteiger partial charge in [0.25, 0.3) is 0 Å². The molecule has 4 aliphatic carbocycles. The van der Waals surface area contributed by atoms with E-state index >= 15 is 0 Å². The number of rotatable bonds is 11. The first-order valence-corrected chi connectivity index (χ1v) is 16.5. The largest absolute Gasteiger partial charge is 0.508 e. The molecule has 0 aliphatic heterocycles. The van der Waals surface area contributed by atoms with Gasteiger partial charge in [0, 0.05) is 25.4 Å². The van der Waals surface area contributed by atoms with Gasteiger partial charge in [-0.1, -0.05) is 57.4 Å². The van der Waals surface area contributed by atoms with Crippen LogP contribution in [-0.4, -0.2) is 69.5 Å². The van der Waals surface area contributed by atoms with Crippen molar-refractivity contribution in [2.45, 2.75) is 117 Å². The van der Waals surface area contributed by atoms with E-state index in [-0.39, 0.29) is 18.1 Å². The van der Waals surface area contributed by atoms with Gasteiger partial charge in [-0.25, -0.2) is 9.59 Å². The van der Waals surface area contributed by atoms with Crippen LogP contribution in [-0.2, 0) is 28.4 Å². The van der Waals surface area contributed by atoms with E-state index in [9.17, 15) is 14.7 Å². The van der Waals surface area contributed by atoms with Crippen LogP contribution in [0.5, 0.6) is 0 Å². The lowest BCUT2D eigenvalue weighted by Crippen LogP contribution is -2.54. The molecule has 0 aromatic rings. The number of aliphatic hydroxyl groups is 1. The van der Waals surface area contributed by atoms with Crippen molar-refractivity contribution >= 4 is 12.3 Å². The maximum Gasteiger partial charge on any atom is 0.508 e. The lowest BCUT2D eigenvalue weighted by molar-refractivity contribution is -0.165. The number of hydrogen-bond donors (Lipinski definition) is 1. The molecule has 3 fully saturated rings. The first-order valence-electron chi connectivity index (χ1n) is 16.5. The normalized spacial score (nSPS) is 35.1. The third-order valence-corrected chi connectivity index (χ3v) is 12.3. The summed E-state index contributed by atoms with van der Waals surface area (Å²) in [5, 5.41) is 11.2. The molecule has 4 rings (SSSR count). The Morgan fingerprint density at radius 1 is 1.02 bits per heavy atom. The SMILES string of the molecule is CC[C@H](CC(O)C(C)(C)OCOC)[C@H](C)[C@H]1CC[C@H]2C3=CC=C4C[C@@H](OC(=O)OC)C[C@H](OC(=O)OC)[C@]4(C)[C@H]3CC[C@]12C. The summed E-state index contributed by atoms with van der Waals surface area (Å²) >= 11 is 0. The van der Waals surface area contributed by atoms with Gasteiger partial charge in [-0.05, 0) is 81.0 Å². The zero-order valence-electron chi connectivity index (χ0n) is 28.4. The molecule has 3 saturated carbocycles. The number of aliphatic hydroxyl groups excluding tert-OH is 1. The Bertz CT molecular complexity index is 1100. The molecule has 0 aromatic heterocycles. The molecule has 1 unspecified atom stereocenters. The fourth-order valence-corrected chi connectivity index (χ4v) is 9.48. The topological polar surface area (TPSA) is 110 Å². The van der Waals surface area contributed by atoms with Crippen molar-refractivity contribution in [2.75, 3.05) is 28.1 Å². The highest BCUT2D eigenvalue weighted by Crippen LogP contribution is 2.67. The summed E-state index contributed by atoms with van der Waals surface area (Å²) in [5.74, 6) is 2.03. The van der Waals surface area contributed by atoms with E-state index in [2.05, 4.69) is 39.8 Å². The van der Waals surface area contributed by atoms with Crippen LogP contribution in [0.3, 0.4) is 0 Å². The first kappa shape index (κ1) is 34.8. The number of ether oxygens (including phenoxy) is 6. The fraction of sp³-hybridized carbons (Fsp3) is 0.829. The Morgan fingerprint density at radius 3 is 2.34 bits per heavy atom. The molecule has 1 N–H and O–H groups in total. The van der Waals surface area contributed by atoms with Gasteiger partial charge in [0.15, 0.2) is 0 Å². The van der Waals surface area contributed by atoms with E-state index in [0.29, 0.717) is 42.9 Å². The van der Waals surface area contributed by atoms with Crippen molar-refractivity contribution in [3.05, 3.63) is 23.3 Å².